The molecule has 0 aliphatic carbocycles. The Balaban J connectivity index is 0.000000112. The number of nitrogens with two attached hydrogens (primary N) is 1. The average molecular weight is 150 g/mol. The maximum atomic E-state index is 5.11. The van der Waals surface area contributed by atoms with Gasteiger partial charge in [-0.3, -0.25) is 0 Å². The lowest BCUT2D eigenvalue weighted by Crippen LogP contribution is -1.83. The van der Waals surface area contributed by atoms with E-state index in [-0.39, 0.29) is 0 Å². The molecule has 2 heterocycles. The number of nitrogen functional groups attached to an aromatic ring is 1. The van der Waals surface area contributed by atoms with Crippen molar-refractivity contribution in [2.24, 2.45) is 0 Å². The van der Waals surface area contributed by atoms with E-state index in [2.05, 4.69) is 15.0 Å². The number of aromatic nitrogens is 3. The molecular formula is C7H10N4. The topological polar surface area (TPSA) is 70.5 Å². The van der Waals surface area contributed by atoms with E-state index >= 15 is 0 Å². The van der Waals surface area contributed by atoms with Gasteiger partial charge in [-0.15, -0.1) is 0 Å². The lowest BCUT2D eigenvalue weighted by Gasteiger charge is -1.70. The smallest absolute Gasteiger partial charge is 0.197 e. The van der Waals surface area contributed by atoms with E-state index in [4.69, 9.17) is 5.73 Å². The average Bonchev–Trinajstić information content (AvgIpc) is 2.57. The molecule has 4 nitrogen and oxygen atoms in total. The highest BCUT2D eigenvalue weighted by molar-refractivity contribution is 5.11. The first kappa shape index (κ1) is 7.40. The van der Waals surface area contributed by atoms with Crippen LogP contribution in [0.1, 0.15) is 0 Å². The van der Waals surface area contributed by atoms with Gasteiger partial charge in [-0.1, -0.05) is 0 Å². The zero-order valence-electron chi connectivity index (χ0n) is 5.99. The fourth-order valence-electron chi connectivity index (χ4n) is 0.555. The zero-order chi connectivity index (χ0) is 7.94. The van der Waals surface area contributed by atoms with Gasteiger partial charge < -0.3 is 15.7 Å². The van der Waals surface area contributed by atoms with Crippen molar-refractivity contribution in [3.63, 3.8) is 0 Å². The van der Waals surface area contributed by atoms with Crippen molar-refractivity contribution in [3.8, 4) is 0 Å². The van der Waals surface area contributed by atoms with E-state index in [0.29, 0.717) is 5.95 Å². The molecule has 0 fully saturated rings. The van der Waals surface area contributed by atoms with Crippen LogP contribution in [0.3, 0.4) is 0 Å². The third-order valence-electron chi connectivity index (χ3n) is 1.02. The number of hydrogen-bond donors (Lipinski definition) is 3. The van der Waals surface area contributed by atoms with Crippen LogP contribution in [0.2, 0.25) is 0 Å². The van der Waals surface area contributed by atoms with Crippen molar-refractivity contribution in [2.75, 3.05) is 5.73 Å². The molecule has 0 bridgehead atoms. The van der Waals surface area contributed by atoms with Crippen LogP contribution in [-0.4, -0.2) is 15.0 Å². The molecule has 0 saturated heterocycles. The Kier molecular flexibility index (Phi) is 2.80. The molecule has 0 aromatic carbocycles. The summed E-state index contributed by atoms with van der Waals surface area (Å²) in [6.07, 6.45) is 7.03. The summed E-state index contributed by atoms with van der Waals surface area (Å²) >= 11 is 0. The second-order valence-electron chi connectivity index (χ2n) is 1.86. The van der Waals surface area contributed by atoms with Gasteiger partial charge in [0.05, 0.1) is 0 Å². The largest absolute Gasteiger partial charge is 0.369 e. The molecule has 0 spiro atoms. The van der Waals surface area contributed by atoms with Crippen LogP contribution in [-0.2, 0) is 0 Å². The predicted octanol–water partition coefficient (Wildman–Crippen LogP) is 1.01. The Labute approximate surface area is 64.5 Å². The molecular weight excluding hydrogens is 140 g/mol. The van der Waals surface area contributed by atoms with E-state index in [1.165, 1.54) is 0 Å². The third-order valence-corrected chi connectivity index (χ3v) is 1.02. The van der Waals surface area contributed by atoms with Gasteiger partial charge in [-0.2, -0.15) is 0 Å². The van der Waals surface area contributed by atoms with Gasteiger partial charge in [-0.25, -0.2) is 4.98 Å². The number of nitrogens with zero attached hydrogens (tertiary/aromatic N) is 1. The van der Waals surface area contributed by atoms with Crippen LogP contribution in [0.5, 0.6) is 0 Å². The highest BCUT2D eigenvalue weighted by Gasteiger charge is 1.74. The standard InChI is InChI=1S/C4H5N.C3H5N3/c1-2-4-5-3-1;4-3-5-1-2-6-3/h1-5H;1-2H,(H3,4,5,6). The van der Waals surface area contributed by atoms with Gasteiger partial charge in [0.1, 0.15) is 0 Å². The monoisotopic (exact) mass is 150 g/mol. The van der Waals surface area contributed by atoms with E-state index in [9.17, 15) is 0 Å². The maximum absolute atomic E-state index is 5.11. The van der Waals surface area contributed by atoms with Crippen molar-refractivity contribution in [1.29, 1.82) is 0 Å². The number of nitrogens with one attached hydrogen (secondary N) is 2. The summed E-state index contributed by atoms with van der Waals surface area (Å²) < 4.78 is 0. The van der Waals surface area contributed by atoms with Crippen molar-refractivity contribution in [3.05, 3.63) is 36.9 Å². The van der Waals surface area contributed by atoms with E-state index in [0.717, 1.165) is 0 Å². The minimum Gasteiger partial charge on any atom is -0.369 e. The van der Waals surface area contributed by atoms with Crippen LogP contribution in [0.4, 0.5) is 5.95 Å². The van der Waals surface area contributed by atoms with Gasteiger partial charge in [0.25, 0.3) is 0 Å². The molecule has 0 atom stereocenters. The molecule has 11 heavy (non-hydrogen) atoms. The molecule has 2 rings (SSSR count). The van der Waals surface area contributed by atoms with Crippen molar-refractivity contribution in [2.45, 2.75) is 0 Å². The molecule has 0 radical (unpaired) electrons. The molecule has 2 aromatic rings. The fraction of sp³-hybridized carbons (Fsp3) is 0. The van der Waals surface area contributed by atoms with Crippen molar-refractivity contribution in [1.82, 2.24) is 15.0 Å². The number of hydrogen-bond acceptors (Lipinski definition) is 2. The quantitative estimate of drug-likeness (QED) is 0.524. The summed E-state index contributed by atoms with van der Waals surface area (Å²) in [4.78, 5) is 9.17. The molecule has 0 aliphatic rings. The molecule has 0 amide bonds. The molecule has 0 unspecified atom stereocenters. The zero-order valence-corrected chi connectivity index (χ0v) is 5.99. The highest BCUT2D eigenvalue weighted by Crippen LogP contribution is 1.81. The lowest BCUT2D eigenvalue weighted by molar-refractivity contribution is 1.33. The SMILES string of the molecule is Nc1ncc[nH]1.c1cc[nH]c1. The minimum absolute atomic E-state index is 0.468. The van der Waals surface area contributed by atoms with E-state index < -0.39 is 0 Å². The first-order valence-corrected chi connectivity index (χ1v) is 3.22. The Morgan fingerprint density at radius 1 is 1.18 bits per heavy atom. The van der Waals surface area contributed by atoms with Gasteiger partial charge >= 0.3 is 0 Å². The molecule has 4 heteroatoms. The van der Waals surface area contributed by atoms with Gasteiger partial charge in [0, 0.05) is 24.8 Å². The number of H-pyrrole nitrogens is 2. The maximum Gasteiger partial charge on any atom is 0.197 e. The Hall–Kier alpha value is -1.71. The molecule has 4 N–H and O–H groups in total. The minimum atomic E-state index is 0.468. The van der Waals surface area contributed by atoms with Crippen LogP contribution in [0, 0.1) is 0 Å². The van der Waals surface area contributed by atoms with Crippen LogP contribution in [0.25, 0.3) is 0 Å². The van der Waals surface area contributed by atoms with Crippen LogP contribution in [0.15, 0.2) is 36.9 Å². The first-order valence-electron chi connectivity index (χ1n) is 3.22. The van der Waals surface area contributed by atoms with Gasteiger partial charge in [0.15, 0.2) is 5.95 Å². The van der Waals surface area contributed by atoms with Crippen molar-refractivity contribution < 1.29 is 0 Å². The summed E-state index contributed by atoms with van der Waals surface area (Å²) in [7, 11) is 0. The number of rotatable bonds is 0. The Bertz CT molecular complexity index is 229. The molecule has 0 saturated carbocycles. The summed E-state index contributed by atoms with van der Waals surface area (Å²) in [5.41, 5.74) is 5.11. The van der Waals surface area contributed by atoms with Crippen LogP contribution >= 0.6 is 0 Å². The van der Waals surface area contributed by atoms with Gasteiger partial charge in [-0.05, 0) is 12.1 Å². The van der Waals surface area contributed by atoms with Crippen LogP contribution < -0.4 is 5.73 Å². The third kappa shape index (κ3) is 3.10. The number of imidazole rings is 1. The van der Waals surface area contributed by atoms with Crippen molar-refractivity contribution >= 4 is 5.95 Å². The number of anilines is 1. The normalized spacial score (nSPS) is 8.36. The molecule has 58 valence electrons. The van der Waals surface area contributed by atoms with Gasteiger partial charge in [0.2, 0.25) is 0 Å². The Morgan fingerprint density at radius 3 is 2.09 bits per heavy atom. The molecule has 0 aliphatic heterocycles. The number of aromatic amines is 2. The summed E-state index contributed by atoms with van der Waals surface area (Å²) in [6.45, 7) is 0. The summed E-state index contributed by atoms with van der Waals surface area (Å²) in [5, 5.41) is 0. The highest BCUT2D eigenvalue weighted by atomic mass is 15.0. The van der Waals surface area contributed by atoms with E-state index in [1.807, 2.05) is 24.5 Å². The second-order valence-corrected chi connectivity index (χ2v) is 1.86. The summed E-state index contributed by atoms with van der Waals surface area (Å²) in [5.74, 6) is 0.468. The predicted molar refractivity (Wildman–Crippen MR) is 43.8 cm³/mol. The molecule has 2 aromatic heterocycles. The second kappa shape index (κ2) is 4.16. The first-order chi connectivity index (χ1) is 5.39. The fourth-order valence-corrected chi connectivity index (χ4v) is 0.555. The Morgan fingerprint density at radius 2 is 1.91 bits per heavy atom. The van der Waals surface area contributed by atoms with E-state index in [1.54, 1.807) is 12.4 Å². The summed E-state index contributed by atoms with van der Waals surface area (Å²) in [6, 6.07) is 3.89. The lowest BCUT2D eigenvalue weighted by atomic mass is 10.7.